The van der Waals surface area contributed by atoms with Crippen LogP contribution < -0.4 is 5.32 Å². The molecule has 0 bridgehead atoms. The summed E-state index contributed by atoms with van der Waals surface area (Å²) in [6.45, 7) is 6.02. The van der Waals surface area contributed by atoms with E-state index in [0.717, 1.165) is 16.9 Å². The molecule has 2 rings (SSSR count). The average molecular weight is 227 g/mol. The second-order valence-corrected chi connectivity index (χ2v) is 3.98. The number of aryl methyl sites for hydroxylation is 1. The molecule has 0 heterocycles. The van der Waals surface area contributed by atoms with Crippen LogP contribution in [0, 0.1) is 12.7 Å². The van der Waals surface area contributed by atoms with Crippen molar-refractivity contribution in [3.63, 3.8) is 0 Å². The van der Waals surface area contributed by atoms with E-state index < -0.39 is 0 Å². The van der Waals surface area contributed by atoms with Gasteiger partial charge in [0.2, 0.25) is 0 Å². The molecule has 0 fully saturated rings. The molecule has 0 saturated carbocycles. The van der Waals surface area contributed by atoms with Crippen molar-refractivity contribution in [1.29, 1.82) is 0 Å². The Bertz CT molecular complexity index is 529. The van der Waals surface area contributed by atoms with E-state index in [4.69, 9.17) is 0 Å². The van der Waals surface area contributed by atoms with Gasteiger partial charge in [0.15, 0.2) is 0 Å². The largest absolute Gasteiger partial charge is 0.356 e. The fourth-order valence-electron chi connectivity index (χ4n) is 1.61. The maximum Gasteiger partial charge on any atom is 0.123 e. The van der Waals surface area contributed by atoms with Crippen LogP contribution in [-0.2, 0) is 0 Å². The van der Waals surface area contributed by atoms with Gasteiger partial charge in [-0.2, -0.15) is 0 Å². The second-order valence-electron chi connectivity index (χ2n) is 3.98. The fraction of sp³-hybridized carbons (Fsp3) is 0.0667. The Morgan fingerprint density at radius 3 is 2.47 bits per heavy atom. The summed E-state index contributed by atoms with van der Waals surface area (Å²) in [7, 11) is 0. The van der Waals surface area contributed by atoms with Gasteiger partial charge in [0.25, 0.3) is 0 Å². The van der Waals surface area contributed by atoms with Gasteiger partial charge in [-0.05, 0) is 42.8 Å². The van der Waals surface area contributed by atoms with Crippen LogP contribution >= 0.6 is 0 Å². The van der Waals surface area contributed by atoms with Gasteiger partial charge in [0.1, 0.15) is 5.82 Å². The van der Waals surface area contributed by atoms with Crippen molar-refractivity contribution < 1.29 is 4.39 Å². The minimum Gasteiger partial charge on any atom is -0.356 e. The summed E-state index contributed by atoms with van der Waals surface area (Å²) < 4.78 is 12.7. The first-order chi connectivity index (χ1) is 8.15. The van der Waals surface area contributed by atoms with Crippen LogP contribution in [0.25, 0.3) is 5.70 Å². The molecule has 0 aliphatic carbocycles. The highest BCUT2D eigenvalue weighted by atomic mass is 19.1. The number of halogens is 1. The molecule has 0 aromatic heterocycles. The molecule has 0 aliphatic heterocycles. The van der Waals surface area contributed by atoms with Gasteiger partial charge in [0, 0.05) is 11.4 Å². The van der Waals surface area contributed by atoms with Gasteiger partial charge < -0.3 is 5.32 Å². The molecular weight excluding hydrogens is 213 g/mol. The minimum atomic E-state index is -0.239. The second kappa shape index (κ2) is 4.83. The lowest BCUT2D eigenvalue weighted by molar-refractivity contribution is 0.628. The van der Waals surface area contributed by atoms with Crippen molar-refractivity contribution in [1.82, 2.24) is 0 Å². The topological polar surface area (TPSA) is 12.0 Å². The molecule has 1 N–H and O–H groups in total. The Morgan fingerprint density at radius 2 is 1.82 bits per heavy atom. The number of hydrogen-bond acceptors (Lipinski definition) is 1. The molecule has 1 nitrogen and oxygen atoms in total. The van der Waals surface area contributed by atoms with Crippen molar-refractivity contribution in [3.05, 3.63) is 72.1 Å². The van der Waals surface area contributed by atoms with Crippen LogP contribution in [0.4, 0.5) is 10.1 Å². The minimum absolute atomic E-state index is 0.239. The van der Waals surface area contributed by atoms with E-state index in [9.17, 15) is 4.39 Å². The lowest BCUT2D eigenvalue weighted by Crippen LogP contribution is -1.97. The van der Waals surface area contributed by atoms with Gasteiger partial charge in [-0.1, -0.05) is 30.3 Å². The quantitative estimate of drug-likeness (QED) is 0.827. The number of rotatable bonds is 3. The number of nitrogens with one attached hydrogen (secondary N) is 1. The first-order valence-corrected chi connectivity index (χ1v) is 5.44. The third-order valence-corrected chi connectivity index (χ3v) is 2.51. The number of hydrogen-bond donors (Lipinski definition) is 1. The van der Waals surface area contributed by atoms with E-state index in [-0.39, 0.29) is 5.82 Å². The van der Waals surface area contributed by atoms with E-state index in [0.29, 0.717) is 0 Å². The summed E-state index contributed by atoms with van der Waals surface area (Å²) in [5.74, 6) is -0.239. The first kappa shape index (κ1) is 11.4. The Balaban J connectivity index is 2.14. The Hall–Kier alpha value is -2.09. The van der Waals surface area contributed by atoms with Crippen LogP contribution in [0.3, 0.4) is 0 Å². The Labute approximate surface area is 101 Å². The zero-order valence-corrected chi connectivity index (χ0v) is 9.70. The molecular formula is C15H14FN. The fourth-order valence-corrected chi connectivity index (χ4v) is 1.61. The smallest absolute Gasteiger partial charge is 0.123 e. The molecule has 0 saturated heterocycles. The van der Waals surface area contributed by atoms with Crippen LogP contribution in [0.5, 0.6) is 0 Å². The summed E-state index contributed by atoms with van der Waals surface area (Å²) in [5, 5.41) is 3.15. The molecule has 17 heavy (non-hydrogen) atoms. The Morgan fingerprint density at radius 1 is 1.12 bits per heavy atom. The third-order valence-electron chi connectivity index (χ3n) is 2.51. The first-order valence-electron chi connectivity index (χ1n) is 5.44. The SMILES string of the molecule is C=C(Nc1ccc(F)cc1)c1cccc(C)c1. The maximum atomic E-state index is 12.7. The van der Waals surface area contributed by atoms with E-state index >= 15 is 0 Å². The van der Waals surface area contributed by atoms with Crippen LogP contribution in [0.2, 0.25) is 0 Å². The van der Waals surface area contributed by atoms with E-state index in [1.165, 1.54) is 17.7 Å². The normalized spacial score (nSPS) is 10.0. The van der Waals surface area contributed by atoms with Crippen LogP contribution in [0.1, 0.15) is 11.1 Å². The van der Waals surface area contributed by atoms with Gasteiger partial charge in [-0.15, -0.1) is 0 Å². The lowest BCUT2D eigenvalue weighted by atomic mass is 10.1. The van der Waals surface area contributed by atoms with Crippen LogP contribution in [-0.4, -0.2) is 0 Å². The number of anilines is 1. The molecule has 86 valence electrons. The molecule has 2 aromatic rings. The third kappa shape index (κ3) is 2.94. The highest BCUT2D eigenvalue weighted by molar-refractivity contribution is 5.75. The molecule has 0 unspecified atom stereocenters. The summed E-state index contributed by atoms with van der Waals surface area (Å²) in [6.07, 6.45) is 0. The average Bonchev–Trinajstić information content (AvgIpc) is 2.32. The summed E-state index contributed by atoms with van der Waals surface area (Å²) >= 11 is 0. The van der Waals surface area contributed by atoms with Crippen molar-refractivity contribution in [2.24, 2.45) is 0 Å². The zero-order valence-electron chi connectivity index (χ0n) is 9.70. The predicted octanol–water partition coefficient (Wildman–Crippen LogP) is 4.22. The summed E-state index contributed by atoms with van der Waals surface area (Å²) in [5.41, 5.74) is 3.86. The van der Waals surface area contributed by atoms with Crippen LogP contribution in [0.15, 0.2) is 55.1 Å². The molecule has 0 radical (unpaired) electrons. The lowest BCUT2D eigenvalue weighted by Gasteiger charge is -2.10. The van der Waals surface area contributed by atoms with E-state index in [2.05, 4.69) is 18.0 Å². The van der Waals surface area contributed by atoms with Gasteiger partial charge in [-0.25, -0.2) is 4.39 Å². The standard InChI is InChI=1S/C15H14FN/c1-11-4-3-5-13(10-11)12(2)17-15-8-6-14(16)7-9-15/h3-10,17H,2H2,1H3. The summed E-state index contributed by atoms with van der Waals surface area (Å²) in [6, 6.07) is 14.3. The number of benzene rings is 2. The molecule has 0 atom stereocenters. The van der Waals surface area contributed by atoms with E-state index in [1.807, 2.05) is 25.1 Å². The Kier molecular flexibility index (Phi) is 3.24. The zero-order chi connectivity index (χ0) is 12.3. The van der Waals surface area contributed by atoms with Gasteiger partial charge >= 0.3 is 0 Å². The van der Waals surface area contributed by atoms with E-state index in [1.54, 1.807) is 12.1 Å². The molecule has 0 spiro atoms. The van der Waals surface area contributed by atoms with Crippen molar-refractivity contribution in [3.8, 4) is 0 Å². The monoisotopic (exact) mass is 227 g/mol. The maximum absolute atomic E-state index is 12.7. The van der Waals surface area contributed by atoms with Gasteiger partial charge in [-0.3, -0.25) is 0 Å². The van der Waals surface area contributed by atoms with Crippen molar-refractivity contribution in [2.75, 3.05) is 5.32 Å². The van der Waals surface area contributed by atoms with Gasteiger partial charge in [0.05, 0.1) is 0 Å². The van der Waals surface area contributed by atoms with Crippen molar-refractivity contribution >= 4 is 11.4 Å². The molecule has 2 aromatic carbocycles. The summed E-state index contributed by atoms with van der Waals surface area (Å²) in [4.78, 5) is 0. The predicted molar refractivity (Wildman–Crippen MR) is 70.2 cm³/mol. The molecule has 0 aliphatic rings. The van der Waals surface area contributed by atoms with Crippen molar-refractivity contribution in [2.45, 2.75) is 6.92 Å². The highest BCUT2D eigenvalue weighted by Gasteiger charge is 2.00. The molecule has 2 heteroatoms. The highest BCUT2D eigenvalue weighted by Crippen LogP contribution is 2.18. The molecule has 0 amide bonds.